The SMILES string of the molecule is O=C1N(CCCCCn2cc(C3C=CC=C3)nn2)c2ccc(F)cc2C12OCCO2. The van der Waals surface area contributed by atoms with Crippen molar-refractivity contribution in [3.63, 3.8) is 0 Å². The zero-order chi connectivity index (χ0) is 20.6. The fraction of sp³-hybridized carbons (Fsp3) is 0.409. The molecule has 0 atom stereocenters. The third kappa shape index (κ3) is 3.26. The van der Waals surface area contributed by atoms with Crippen molar-refractivity contribution in [3.8, 4) is 0 Å². The quantitative estimate of drug-likeness (QED) is 0.657. The Morgan fingerprint density at radius 1 is 1.10 bits per heavy atom. The Kier molecular flexibility index (Phi) is 4.96. The number of carbonyl (C=O) groups is 1. The summed E-state index contributed by atoms with van der Waals surface area (Å²) in [7, 11) is 0. The second-order valence-electron chi connectivity index (χ2n) is 7.69. The van der Waals surface area contributed by atoms with Gasteiger partial charge in [0.15, 0.2) is 0 Å². The molecule has 7 nitrogen and oxygen atoms in total. The number of nitrogens with zero attached hydrogens (tertiary/aromatic N) is 4. The van der Waals surface area contributed by atoms with Crippen LogP contribution in [0.4, 0.5) is 10.1 Å². The van der Waals surface area contributed by atoms with Crippen molar-refractivity contribution in [3.05, 3.63) is 65.8 Å². The maximum absolute atomic E-state index is 13.8. The van der Waals surface area contributed by atoms with Crippen LogP contribution < -0.4 is 4.90 Å². The topological polar surface area (TPSA) is 69.5 Å². The standard InChI is InChI=1S/C22H23FN4O3/c23-17-8-9-20-18(14-17)22(29-12-13-30-22)21(28)27(20)11-5-1-4-10-26-15-19(24-25-26)16-6-2-3-7-16/h2-3,6-9,14-16H,1,4-5,10-13H2. The molecule has 0 radical (unpaired) electrons. The van der Waals surface area contributed by atoms with Crippen molar-refractivity contribution in [1.82, 2.24) is 15.0 Å². The lowest BCUT2D eigenvalue weighted by Gasteiger charge is -2.22. The summed E-state index contributed by atoms with van der Waals surface area (Å²) in [5.41, 5.74) is 2.09. The van der Waals surface area contributed by atoms with Crippen molar-refractivity contribution >= 4 is 11.6 Å². The van der Waals surface area contributed by atoms with E-state index in [9.17, 15) is 9.18 Å². The Bertz CT molecular complexity index is 998. The van der Waals surface area contributed by atoms with E-state index >= 15 is 0 Å². The zero-order valence-electron chi connectivity index (χ0n) is 16.5. The summed E-state index contributed by atoms with van der Waals surface area (Å²) >= 11 is 0. The summed E-state index contributed by atoms with van der Waals surface area (Å²) in [6, 6.07) is 4.34. The molecule has 1 aromatic carbocycles. The molecular weight excluding hydrogens is 387 g/mol. The van der Waals surface area contributed by atoms with Crippen LogP contribution in [0.1, 0.15) is 36.4 Å². The van der Waals surface area contributed by atoms with E-state index in [2.05, 4.69) is 22.5 Å². The minimum Gasteiger partial charge on any atom is -0.336 e. The molecule has 3 aliphatic rings. The van der Waals surface area contributed by atoms with E-state index in [1.54, 1.807) is 11.0 Å². The van der Waals surface area contributed by atoms with Crippen LogP contribution in [0.25, 0.3) is 0 Å². The number of benzene rings is 1. The Labute approximate surface area is 173 Å². The number of halogens is 1. The van der Waals surface area contributed by atoms with Crippen molar-refractivity contribution in [2.75, 3.05) is 24.7 Å². The molecule has 8 heteroatoms. The second-order valence-corrected chi connectivity index (χ2v) is 7.69. The predicted molar refractivity (Wildman–Crippen MR) is 107 cm³/mol. The first-order valence-corrected chi connectivity index (χ1v) is 10.3. The lowest BCUT2D eigenvalue weighted by Crippen LogP contribution is -2.41. The molecule has 0 bridgehead atoms. The Morgan fingerprint density at radius 3 is 2.67 bits per heavy atom. The average molecular weight is 410 g/mol. The van der Waals surface area contributed by atoms with E-state index in [0.29, 0.717) is 31.0 Å². The van der Waals surface area contributed by atoms with Crippen LogP contribution >= 0.6 is 0 Å². The molecule has 1 fully saturated rings. The summed E-state index contributed by atoms with van der Waals surface area (Å²) in [5.74, 6) is -1.92. The Hall–Kier alpha value is -2.84. The maximum Gasteiger partial charge on any atom is 0.292 e. The average Bonchev–Trinajstić information content (AvgIpc) is 3.54. The molecule has 5 rings (SSSR count). The van der Waals surface area contributed by atoms with Gasteiger partial charge >= 0.3 is 0 Å². The number of aromatic nitrogens is 3. The normalized spacial score (nSPS) is 19.5. The number of hydrogen-bond donors (Lipinski definition) is 0. The molecule has 2 aromatic rings. The molecular formula is C22H23FN4O3. The van der Waals surface area contributed by atoms with Crippen LogP contribution in [0.5, 0.6) is 0 Å². The summed E-state index contributed by atoms with van der Waals surface area (Å²) in [4.78, 5) is 14.7. The first-order valence-electron chi connectivity index (χ1n) is 10.3. The fourth-order valence-corrected chi connectivity index (χ4v) is 4.25. The van der Waals surface area contributed by atoms with E-state index in [-0.39, 0.29) is 11.8 Å². The molecule has 2 aliphatic heterocycles. The first kappa shape index (κ1) is 19.1. The predicted octanol–water partition coefficient (Wildman–Crippen LogP) is 3.04. The third-order valence-electron chi connectivity index (χ3n) is 5.74. The van der Waals surface area contributed by atoms with Crippen LogP contribution in [0, 0.1) is 5.82 Å². The minimum atomic E-state index is -1.47. The van der Waals surface area contributed by atoms with Gasteiger partial charge in [-0.3, -0.25) is 9.48 Å². The lowest BCUT2D eigenvalue weighted by atomic mass is 10.1. The van der Waals surface area contributed by atoms with Gasteiger partial charge in [0.25, 0.3) is 11.7 Å². The van der Waals surface area contributed by atoms with Crippen LogP contribution in [-0.2, 0) is 26.6 Å². The minimum absolute atomic E-state index is 0.220. The summed E-state index contributed by atoms with van der Waals surface area (Å²) < 4.78 is 27.0. The molecule has 0 saturated carbocycles. The van der Waals surface area contributed by atoms with E-state index in [4.69, 9.17) is 9.47 Å². The highest BCUT2D eigenvalue weighted by Gasteiger charge is 2.56. The molecule has 3 heterocycles. The van der Waals surface area contributed by atoms with Gasteiger partial charge in [0.1, 0.15) is 5.82 Å². The number of fused-ring (bicyclic) bond motifs is 2. The molecule has 1 aliphatic carbocycles. The van der Waals surface area contributed by atoms with E-state index < -0.39 is 11.6 Å². The number of aryl methyl sites for hydroxylation is 1. The van der Waals surface area contributed by atoms with Gasteiger partial charge in [0.05, 0.1) is 24.6 Å². The molecule has 30 heavy (non-hydrogen) atoms. The number of amides is 1. The van der Waals surface area contributed by atoms with Crippen LogP contribution in [-0.4, -0.2) is 40.7 Å². The van der Waals surface area contributed by atoms with Gasteiger partial charge in [0.2, 0.25) is 0 Å². The highest BCUT2D eigenvalue weighted by Crippen LogP contribution is 2.46. The highest BCUT2D eigenvalue weighted by molar-refractivity contribution is 6.06. The van der Waals surface area contributed by atoms with Crippen molar-refractivity contribution in [2.24, 2.45) is 0 Å². The summed E-state index contributed by atoms with van der Waals surface area (Å²) in [5, 5.41) is 8.44. The number of anilines is 1. The molecule has 0 unspecified atom stereocenters. The molecule has 156 valence electrons. The van der Waals surface area contributed by atoms with Gasteiger partial charge in [-0.1, -0.05) is 29.5 Å². The third-order valence-corrected chi connectivity index (χ3v) is 5.74. The first-order chi connectivity index (χ1) is 14.7. The molecule has 1 amide bonds. The van der Waals surface area contributed by atoms with Crippen molar-refractivity contribution in [2.45, 2.75) is 37.5 Å². The lowest BCUT2D eigenvalue weighted by molar-refractivity contribution is -0.180. The van der Waals surface area contributed by atoms with E-state index in [1.165, 1.54) is 12.1 Å². The van der Waals surface area contributed by atoms with Gasteiger partial charge in [-0.25, -0.2) is 4.39 Å². The van der Waals surface area contributed by atoms with Gasteiger partial charge in [-0.15, -0.1) is 5.10 Å². The van der Waals surface area contributed by atoms with Crippen LogP contribution in [0.15, 0.2) is 48.7 Å². The number of hydrogen-bond acceptors (Lipinski definition) is 5. The molecule has 1 saturated heterocycles. The Balaban J connectivity index is 1.17. The van der Waals surface area contributed by atoms with E-state index in [1.807, 2.05) is 23.0 Å². The monoisotopic (exact) mass is 410 g/mol. The number of allylic oxidation sites excluding steroid dienone is 4. The molecule has 1 aromatic heterocycles. The van der Waals surface area contributed by atoms with Crippen molar-refractivity contribution in [1.29, 1.82) is 0 Å². The van der Waals surface area contributed by atoms with Crippen molar-refractivity contribution < 1.29 is 18.7 Å². The summed E-state index contributed by atoms with van der Waals surface area (Å²) in [6.07, 6.45) is 12.9. The van der Waals surface area contributed by atoms with Gasteiger partial charge < -0.3 is 14.4 Å². The van der Waals surface area contributed by atoms with Gasteiger partial charge in [-0.2, -0.15) is 0 Å². The number of ether oxygens (including phenoxy) is 2. The van der Waals surface area contributed by atoms with Gasteiger partial charge in [0, 0.05) is 30.8 Å². The maximum atomic E-state index is 13.8. The van der Waals surface area contributed by atoms with Gasteiger partial charge in [-0.05, 0) is 37.5 Å². The summed E-state index contributed by atoms with van der Waals surface area (Å²) in [6.45, 7) is 1.95. The number of rotatable bonds is 7. The van der Waals surface area contributed by atoms with Crippen LogP contribution in [0.3, 0.4) is 0 Å². The second kappa shape index (κ2) is 7.77. The smallest absolute Gasteiger partial charge is 0.292 e. The highest BCUT2D eigenvalue weighted by atomic mass is 19.1. The number of unbranched alkanes of at least 4 members (excludes halogenated alkanes) is 2. The van der Waals surface area contributed by atoms with Crippen LogP contribution in [0.2, 0.25) is 0 Å². The molecule has 0 N–H and O–H groups in total. The van der Waals surface area contributed by atoms with E-state index in [0.717, 1.165) is 31.5 Å². The zero-order valence-corrected chi connectivity index (χ0v) is 16.5. The Morgan fingerprint density at radius 2 is 1.87 bits per heavy atom. The fourth-order valence-electron chi connectivity index (χ4n) is 4.25. The molecule has 1 spiro atoms. The largest absolute Gasteiger partial charge is 0.336 e. The number of carbonyl (C=O) groups excluding carboxylic acids is 1.